The smallest absolute Gasteiger partial charge is 0.122 e. The number of aromatic nitrogens is 2. The second-order valence-electron chi connectivity index (χ2n) is 5.34. The van der Waals surface area contributed by atoms with Gasteiger partial charge in [-0.1, -0.05) is 6.92 Å². The summed E-state index contributed by atoms with van der Waals surface area (Å²) in [6.07, 6.45) is 6.80. The summed E-state index contributed by atoms with van der Waals surface area (Å²) in [7, 11) is 6.06. The summed E-state index contributed by atoms with van der Waals surface area (Å²) in [6.45, 7) is 4.19. The van der Waals surface area contributed by atoms with Crippen LogP contribution in [0.3, 0.4) is 0 Å². The Labute approximate surface area is 116 Å². The summed E-state index contributed by atoms with van der Waals surface area (Å²) in [5, 5.41) is 12.8. The SMILES string of the molecule is CCC(CO)(CCCN(C)Cc1nccn1C)NC. The summed E-state index contributed by atoms with van der Waals surface area (Å²) in [6, 6.07) is 0. The zero-order valence-electron chi connectivity index (χ0n) is 12.7. The van der Waals surface area contributed by atoms with Crippen LogP contribution in [0.2, 0.25) is 0 Å². The molecule has 1 rings (SSSR count). The first-order valence-corrected chi connectivity index (χ1v) is 7.01. The van der Waals surface area contributed by atoms with Crippen LogP contribution < -0.4 is 5.32 Å². The van der Waals surface area contributed by atoms with Gasteiger partial charge < -0.3 is 15.0 Å². The molecule has 0 aliphatic heterocycles. The number of nitrogens with zero attached hydrogens (tertiary/aromatic N) is 3. The van der Waals surface area contributed by atoms with Crippen LogP contribution in [0.15, 0.2) is 12.4 Å². The predicted molar refractivity (Wildman–Crippen MR) is 77.9 cm³/mol. The molecule has 0 fully saturated rings. The topological polar surface area (TPSA) is 53.3 Å². The summed E-state index contributed by atoms with van der Waals surface area (Å²) in [5.41, 5.74) is -0.121. The summed E-state index contributed by atoms with van der Waals surface area (Å²) in [4.78, 5) is 6.60. The van der Waals surface area contributed by atoms with Crippen molar-refractivity contribution in [3.63, 3.8) is 0 Å². The Hall–Kier alpha value is -0.910. The zero-order chi connectivity index (χ0) is 14.3. The molecule has 0 bridgehead atoms. The lowest BCUT2D eigenvalue weighted by molar-refractivity contribution is 0.147. The Morgan fingerprint density at radius 1 is 1.53 bits per heavy atom. The van der Waals surface area contributed by atoms with Crippen molar-refractivity contribution in [1.82, 2.24) is 19.8 Å². The van der Waals surface area contributed by atoms with E-state index in [-0.39, 0.29) is 12.1 Å². The number of nitrogens with one attached hydrogen (secondary N) is 1. The highest BCUT2D eigenvalue weighted by Crippen LogP contribution is 2.16. The Balaban J connectivity index is 2.34. The van der Waals surface area contributed by atoms with Crippen molar-refractivity contribution in [3.05, 3.63) is 18.2 Å². The second-order valence-corrected chi connectivity index (χ2v) is 5.34. The third kappa shape index (κ3) is 4.60. The molecular weight excluding hydrogens is 240 g/mol. The Morgan fingerprint density at radius 2 is 2.26 bits per heavy atom. The average molecular weight is 268 g/mol. The maximum atomic E-state index is 9.50. The Kier molecular flexibility index (Phi) is 6.48. The molecule has 1 unspecified atom stereocenters. The molecule has 0 amide bonds. The van der Waals surface area contributed by atoms with Crippen LogP contribution in [-0.4, -0.2) is 52.3 Å². The van der Waals surface area contributed by atoms with Crippen LogP contribution in [0.25, 0.3) is 0 Å². The van der Waals surface area contributed by atoms with Crippen LogP contribution in [0, 0.1) is 0 Å². The third-order valence-electron chi connectivity index (χ3n) is 4.04. The Bertz CT molecular complexity index is 352. The van der Waals surface area contributed by atoms with E-state index in [0.29, 0.717) is 0 Å². The van der Waals surface area contributed by atoms with Crippen LogP contribution in [0.4, 0.5) is 0 Å². The van der Waals surface area contributed by atoms with E-state index in [2.05, 4.69) is 29.2 Å². The second kappa shape index (κ2) is 7.62. The molecule has 5 nitrogen and oxygen atoms in total. The third-order valence-corrected chi connectivity index (χ3v) is 4.04. The van der Waals surface area contributed by atoms with Gasteiger partial charge in [0.2, 0.25) is 0 Å². The van der Waals surface area contributed by atoms with Crippen molar-refractivity contribution in [2.24, 2.45) is 7.05 Å². The first-order valence-electron chi connectivity index (χ1n) is 7.01. The van der Waals surface area contributed by atoms with E-state index in [4.69, 9.17) is 0 Å². The predicted octanol–water partition coefficient (Wildman–Crippen LogP) is 0.993. The van der Waals surface area contributed by atoms with Gasteiger partial charge in [-0.15, -0.1) is 0 Å². The fraction of sp³-hybridized carbons (Fsp3) is 0.786. The van der Waals surface area contributed by atoms with E-state index in [1.54, 1.807) is 0 Å². The number of hydrogen-bond acceptors (Lipinski definition) is 4. The minimum absolute atomic E-state index is 0.121. The van der Waals surface area contributed by atoms with Crippen LogP contribution in [0.1, 0.15) is 32.0 Å². The van der Waals surface area contributed by atoms with Gasteiger partial charge in [0.15, 0.2) is 0 Å². The highest BCUT2D eigenvalue weighted by molar-refractivity contribution is 4.90. The average Bonchev–Trinajstić information content (AvgIpc) is 2.81. The first-order chi connectivity index (χ1) is 9.06. The molecule has 0 aliphatic carbocycles. The monoisotopic (exact) mass is 268 g/mol. The van der Waals surface area contributed by atoms with E-state index < -0.39 is 0 Å². The maximum Gasteiger partial charge on any atom is 0.122 e. The summed E-state index contributed by atoms with van der Waals surface area (Å²) in [5.74, 6) is 1.08. The fourth-order valence-corrected chi connectivity index (χ4v) is 2.31. The highest BCUT2D eigenvalue weighted by atomic mass is 16.3. The fourth-order valence-electron chi connectivity index (χ4n) is 2.31. The lowest BCUT2D eigenvalue weighted by Gasteiger charge is -2.31. The van der Waals surface area contributed by atoms with Gasteiger partial charge in [-0.2, -0.15) is 0 Å². The molecule has 0 saturated heterocycles. The molecule has 0 aliphatic rings. The first kappa shape index (κ1) is 16.1. The minimum Gasteiger partial charge on any atom is -0.394 e. The molecule has 0 radical (unpaired) electrons. The van der Waals surface area contributed by atoms with Crippen LogP contribution >= 0.6 is 0 Å². The number of aryl methyl sites for hydroxylation is 1. The van der Waals surface area contributed by atoms with Gasteiger partial charge in [-0.3, -0.25) is 4.90 Å². The van der Waals surface area contributed by atoms with Gasteiger partial charge >= 0.3 is 0 Å². The van der Waals surface area contributed by atoms with E-state index in [1.165, 1.54) is 0 Å². The van der Waals surface area contributed by atoms with E-state index in [9.17, 15) is 5.11 Å². The largest absolute Gasteiger partial charge is 0.394 e. The highest BCUT2D eigenvalue weighted by Gasteiger charge is 2.24. The molecule has 1 aromatic rings. The molecule has 1 aromatic heterocycles. The summed E-state index contributed by atoms with van der Waals surface area (Å²) >= 11 is 0. The van der Waals surface area contributed by atoms with Gasteiger partial charge in [-0.05, 0) is 39.9 Å². The Morgan fingerprint density at radius 3 is 2.74 bits per heavy atom. The number of rotatable bonds is 9. The van der Waals surface area contributed by atoms with Crippen molar-refractivity contribution in [3.8, 4) is 0 Å². The number of hydrogen-bond donors (Lipinski definition) is 2. The van der Waals surface area contributed by atoms with Crippen LogP contribution in [0.5, 0.6) is 0 Å². The lowest BCUT2D eigenvalue weighted by atomic mass is 9.91. The summed E-state index contributed by atoms with van der Waals surface area (Å²) < 4.78 is 2.05. The molecule has 0 saturated carbocycles. The van der Waals surface area contributed by atoms with Crippen molar-refractivity contribution < 1.29 is 5.11 Å². The zero-order valence-corrected chi connectivity index (χ0v) is 12.7. The quantitative estimate of drug-likeness (QED) is 0.701. The molecule has 1 heterocycles. The van der Waals surface area contributed by atoms with Gasteiger partial charge in [-0.25, -0.2) is 4.98 Å². The lowest BCUT2D eigenvalue weighted by Crippen LogP contribution is -2.46. The molecule has 2 N–H and O–H groups in total. The standard InChI is InChI=1S/C14H28N4O/c1-5-14(12-19,15-2)7-6-9-17(3)11-13-16-8-10-18(13)4/h8,10,15,19H,5-7,9,11-12H2,1-4H3. The molecule has 0 aromatic carbocycles. The van der Waals surface area contributed by atoms with Gasteiger partial charge in [0.25, 0.3) is 0 Å². The molecular formula is C14H28N4O. The van der Waals surface area contributed by atoms with Crippen molar-refractivity contribution in [2.75, 3.05) is 27.2 Å². The van der Waals surface area contributed by atoms with E-state index in [0.717, 1.165) is 38.2 Å². The van der Waals surface area contributed by atoms with Crippen molar-refractivity contribution in [2.45, 2.75) is 38.3 Å². The molecule has 1 atom stereocenters. The van der Waals surface area contributed by atoms with Gasteiger partial charge in [0, 0.05) is 25.0 Å². The molecule has 110 valence electrons. The van der Waals surface area contributed by atoms with Crippen molar-refractivity contribution in [1.29, 1.82) is 0 Å². The minimum atomic E-state index is -0.121. The molecule has 19 heavy (non-hydrogen) atoms. The van der Waals surface area contributed by atoms with E-state index in [1.807, 2.05) is 31.1 Å². The number of aliphatic hydroxyl groups excluding tert-OH is 1. The van der Waals surface area contributed by atoms with Gasteiger partial charge in [0.05, 0.1) is 13.2 Å². The number of likely N-dealkylation sites (N-methyl/N-ethyl adjacent to an activating group) is 1. The van der Waals surface area contributed by atoms with E-state index >= 15 is 0 Å². The maximum absolute atomic E-state index is 9.50. The normalized spacial score (nSPS) is 14.8. The number of imidazole rings is 1. The van der Waals surface area contributed by atoms with Crippen molar-refractivity contribution >= 4 is 0 Å². The molecule has 0 spiro atoms. The van der Waals surface area contributed by atoms with Gasteiger partial charge in [0.1, 0.15) is 5.82 Å². The number of aliphatic hydroxyl groups is 1. The van der Waals surface area contributed by atoms with Crippen LogP contribution in [-0.2, 0) is 13.6 Å². The molecule has 5 heteroatoms.